The van der Waals surface area contributed by atoms with Gasteiger partial charge in [-0.3, -0.25) is 9.59 Å². The highest BCUT2D eigenvalue weighted by molar-refractivity contribution is 5.92. The first-order chi connectivity index (χ1) is 10.0. The minimum absolute atomic E-state index is 0.244. The van der Waals surface area contributed by atoms with Crippen LogP contribution in [0.1, 0.15) is 18.5 Å². The highest BCUT2D eigenvalue weighted by Crippen LogP contribution is 2.20. The second kappa shape index (κ2) is 6.37. The van der Waals surface area contributed by atoms with Crippen LogP contribution in [0.5, 0.6) is 0 Å². The van der Waals surface area contributed by atoms with Crippen molar-refractivity contribution in [3.8, 4) is 0 Å². The van der Waals surface area contributed by atoms with E-state index in [0.29, 0.717) is 0 Å². The zero-order valence-corrected chi connectivity index (χ0v) is 12.1. The summed E-state index contributed by atoms with van der Waals surface area (Å²) in [5, 5.41) is 2.65. The molecule has 1 heterocycles. The number of hydrogen-bond acceptors (Lipinski definition) is 3. The average Bonchev–Trinajstić information content (AvgIpc) is 2.51. The van der Waals surface area contributed by atoms with Gasteiger partial charge in [0.1, 0.15) is 5.69 Å². The van der Waals surface area contributed by atoms with Gasteiger partial charge >= 0.3 is 0 Å². The number of nitrogens with one attached hydrogen (secondary N) is 1. The van der Waals surface area contributed by atoms with E-state index in [4.69, 9.17) is 5.73 Å². The van der Waals surface area contributed by atoms with Gasteiger partial charge in [0.05, 0.1) is 5.92 Å². The van der Waals surface area contributed by atoms with Crippen molar-refractivity contribution in [1.29, 1.82) is 0 Å². The molecule has 0 saturated heterocycles. The van der Waals surface area contributed by atoms with Crippen molar-refractivity contribution in [2.45, 2.75) is 13.0 Å². The Morgan fingerprint density at radius 3 is 2.52 bits per heavy atom. The average molecular weight is 285 g/mol. The van der Waals surface area contributed by atoms with Crippen LogP contribution in [0.15, 0.2) is 53.5 Å². The number of carbonyl (C=O) groups is 1. The molecule has 2 unspecified atom stereocenters. The van der Waals surface area contributed by atoms with Crippen molar-refractivity contribution in [3.05, 3.63) is 64.6 Å². The molecule has 5 nitrogen and oxygen atoms in total. The molecule has 0 radical (unpaired) electrons. The Morgan fingerprint density at radius 2 is 1.86 bits per heavy atom. The first-order valence-electron chi connectivity index (χ1n) is 6.77. The standard InChI is InChI=1S/C16H19N3O2/c1-11(14(17)12-7-4-3-5-8-12)15(20)18-13-9-6-10-19(2)16(13)21/h3-11,14H,17H2,1-2H3,(H,18,20). The van der Waals surface area contributed by atoms with Crippen LogP contribution in [0.4, 0.5) is 5.69 Å². The third kappa shape index (κ3) is 3.38. The maximum absolute atomic E-state index is 12.3. The molecule has 0 spiro atoms. The number of amides is 1. The molecule has 110 valence electrons. The van der Waals surface area contributed by atoms with Gasteiger partial charge < -0.3 is 15.6 Å². The number of anilines is 1. The van der Waals surface area contributed by atoms with Crippen LogP contribution in [-0.2, 0) is 11.8 Å². The highest BCUT2D eigenvalue weighted by Gasteiger charge is 2.22. The number of nitrogens with zero attached hydrogens (tertiary/aromatic N) is 1. The molecule has 21 heavy (non-hydrogen) atoms. The fourth-order valence-electron chi connectivity index (χ4n) is 2.07. The molecule has 0 saturated carbocycles. The molecule has 5 heteroatoms. The van der Waals surface area contributed by atoms with Crippen molar-refractivity contribution >= 4 is 11.6 Å². The Hall–Kier alpha value is -2.40. The van der Waals surface area contributed by atoms with E-state index in [2.05, 4.69) is 5.32 Å². The predicted molar refractivity (Wildman–Crippen MR) is 82.8 cm³/mol. The van der Waals surface area contributed by atoms with E-state index in [9.17, 15) is 9.59 Å². The van der Waals surface area contributed by atoms with Crippen molar-refractivity contribution < 1.29 is 4.79 Å². The molecule has 0 bridgehead atoms. The third-order valence-corrected chi connectivity index (χ3v) is 3.52. The zero-order chi connectivity index (χ0) is 15.4. The lowest BCUT2D eigenvalue weighted by atomic mass is 9.94. The molecule has 1 aromatic heterocycles. The smallest absolute Gasteiger partial charge is 0.274 e. The molecular weight excluding hydrogens is 266 g/mol. The monoisotopic (exact) mass is 285 g/mol. The number of pyridine rings is 1. The molecule has 1 aromatic carbocycles. The van der Waals surface area contributed by atoms with Crippen molar-refractivity contribution in [1.82, 2.24) is 4.57 Å². The third-order valence-electron chi connectivity index (χ3n) is 3.52. The van der Waals surface area contributed by atoms with Gasteiger partial charge in [-0.05, 0) is 17.7 Å². The van der Waals surface area contributed by atoms with Crippen LogP contribution in [0.25, 0.3) is 0 Å². The summed E-state index contributed by atoms with van der Waals surface area (Å²) in [5.41, 5.74) is 7.02. The minimum atomic E-state index is -0.447. The van der Waals surface area contributed by atoms with Crippen LogP contribution in [0.2, 0.25) is 0 Å². The molecule has 2 atom stereocenters. The van der Waals surface area contributed by atoms with Gasteiger partial charge in [-0.15, -0.1) is 0 Å². The summed E-state index contributed by atoms with van der Waals surface area (Å²) in [4.78, 5) is 24.1. The number of carbonyl (C=O) groups excluding carboxylic acids is 1. The lowest BCUT2D eigenvalue weighted by molar-refractivity contribution is -0.120. The lowest BCUT2D eigenvalue weighted by Gasteiger charge is -2.19. The van der Waals surface area contributed by atoms with Gasteiger partial charge in [-0.1, -0.05) is 37.3 Å². The Labute approximate surface area is 123 Å². The first-order valence-corrected chi connectivity index (χ1v) is 6.77. The van der Waals surface area contributed by atoms with E-state index < -0.39 is 12.0 Å². The maximum atomic E-state index is 12.3. The molecule has 2 rings (SSSR count). The SMILES string of the molecule is CC(C(=O)Nc1cccn(C)c1=O)C(N)c1ccccc1. The number of nitrogens with two attached hydrogens (primary N) is 1. The van der Waals surface area contributed by atoms with Crippen molar-refractivity contribution in [2.75, 3.05) is 5.32 Å². The largest absolute Gasteiger partial charge is 0.323 e. The second-order valence-corrected chi connectivity index (χ2v) is 5.05. The first kappa shape index (κ1) is 15.0. The van der Waals surface area contributed by atoms with Crippen LogP contribution < -0.4 is 16.6 Å². The number of benzene rings is 1. The second-order valence-electron chi connectivity index (χ2n) is 5.05. The molecule has 1 amide bonds. The molecule has 2 aromatic rings. The summed E-state index contributed by atoms with van der Waals surface area (Å²) in [6, 6.07) is 12.3. The Morgan fingerprint density at radius 1 is 1.19 bits per heavy atom. The molecule has 0 aliphatic heterocycles. The Balaban J connectivity index is 2.13. The van der Waals surface area contributed by atoms with Crippen LogP contribution in [0, 0.1) is 5.92 Å². The van der Waals surface area contributed by atoms with Crippen LogP contribution >= 0.6 is 0 Å². The predicted octanol–water partition coefficient (Wildman–Crippen LogP) is 1.66. The summed E-state index contributed by atoms with van der Waals surface area (Å²) in [7, 11) is 1.64. The number of hydrogen-bond donors (Lipinski definition) is 2. The fraction of sp³-hybridized carbons (Fsp3) is 0.250. The van der Waals surface area contributed by atoms with Gasteiger partial charge in [-0.2, -0.15) is 0 Å². The van der Waals surface area contributed by atoms with Gasteiger partial charge in [0.25, 0.3) is 5.56 Å². The van der Waals surface area contributed by atoms with E-state index in [0.717, 1.165) is 5.56 Å². The molecule has 0 fully saturated rings. The van der Waals surface area contributed by atoms with Gasteiger partial charge in [0.15, 0.2) is 0 Å². The molecule has 0 aliphatic carbocycles. The molecule has 3 N–H and O–H groups in total. The summed E-state index contributed by atoms with van der Waals surface area (Å²) >= 11 is 0. The highest BCUT2D eigenvalue weighted by atomic mass is 16.2. The summed E-state index contributed by atoms with van der Waals surface area (Å²) in [6.45, 7) is 1.75. The Kier molecular flexibility index (Phi) is 4.55. The van der Waals surface area contributed by atoms with E-state index in [-0.39, 0.29) is 17.2 Å². The Bertz CT molecular complexity index is 679. The van der Waals surface area contributed by atoms with Gasteiger partial charge in [0, 0.05) is 19.3 Å². The summed E-state index contributed by atoms with van der Waals surface area (Å²) < 4.78 is 1.41. The van der Waals surface area contributed by atoms with E-state index in [1.165, 1.54) is 4.57 Å². The number of aryl methyl sites for hydroxylation is 1. The summed E-state index contributed by atoms with van der Waals surface area (Å²) in [5.74, 6) is -0.716. The zero-order valence-electron chi connectivity index (χ0n) is 12.1. The molecular formula is C16H19N3O2. The minimum Gasteiger partial charge on any atom is -0.323 e. The number of rotatable bonds is 4. The normalized spacial score (nSPS) is 13.5. The van der Waals surface area contributed by atoms with E-state index in [1.54, 1.807) is 32.3 Å². The van der Waals surface area contributed by atoms with E-state index >= 15 is 0 Å². The lowest BCUT2D eigenvalue weighted by Crippen LogP contribution is -2.32. The maximum Gasteiger partial charge on any atom is 0.274 e. The quantitative estimate of drug-likeness (QED) is 0.897. The fourth-order valence-corrected chi connectivity index (χ4v) is 2.07. The molecule has 0 aliphatic rings. The van der Waals surface area contributed by atoms with Gasteiger partial charge in [0.2, 0.25) is 5.91 Å². The van der Waals surface area contributed by atoms with Crippen LogP contribution in [-0.4, -0.2) is 10.5 Å². The van der Waals surface area contributed by atoms with Crippen molar-refractivity contribution in [2.24, 2.45) is 18.7 Å². The topological polar surface area (TPSA) is 77.1 Å². The van der Waals surface area contributed by atoms with Gasteiger partial charge in [-0.25, -0.2) is 0 Å². The van der Waals surface area contributed by atoms with Crippen LogP contribution in [0.3, 0.4) is 0 Å². The summed E-state index contributed by atoms with van der Waals surface area (Å²) in [6.07, 6.45) is 1.64. The number of aromatic nitrogens is 1. The van der Waals surface area contributed by atoms with E-state index in [1.807, 2.05) is 30.3 Å². The van der Waals surface area contributed by atoms with Crippen molar-refractivity contribution in [3.63, 3.8) is 0 Å².